The molecule has 0 aromatic heterocycles. The number of halogens is 2. The van der Waals surface area contributed by atoms with Crippen molar-refractivity contribution in [3.8, 4) is 0 Å². The first kappa shape index (κ1) is 12.5. The molecule has 0 aliphatic carbocycles. The van der Waals surface area contributed by atoms with Crippen LogP contribution in [0.4, 0.5) is 0 Å². The largest absolute Gasteiger partial charge is 0.147 e. The molecule has 0 bridgehead atoms. The topological polar surface area (TPSA) is 0 Å². The summed E-state index contributed by atoms with van der Waals surface area (Å²) in [6.45, 7) is 2.04. The van der Waals surface area contributed by atoms with E-state index in [-0.39, 0.29) is 24.8 Å². The Hall–Kier alpha value is -0.135. The van der Waals surface area contributed by atoms with E-state index < -0.39 is 0 Å². The first-order chi connectivity index (χ1) is 3.79. The molecule has 1 aromatic rings. The highest BCUT2D eigenvalue weighted by molar-refractivity contribution is 6.32. The van der Waals surface area contributed by atoms with E-state index >= 15 is 0 Å². The second-order valence-corrected chi connectivity index (χ2v) is 1.91. The minimum absolute atomic E-state index is 0. The van der Waals surface area contributed by atoms with E-state index in [2.05, 4.69) is 0 Å². The van der Waals surface area contributed by atoms with Gasteiger partial charge in [0.05, 0.1) is 0 Å². The summed E-state index contributed by atoms with van der Waals surface area (Å²) in [5, 5.41) is 0. The number of hydrogen-bond acceptors (Lipinski definition) is 0. The van der Waals surface area contributed by atoms with E-state index in [1.807, 2.05) is 31.2 Å². The molecular weight excluding hydrogens is 166 g/mol. The lowest BCUT2D eigenvalue weighted by Gasteiger charge is -1.90. The zero-order chi connectivity index (χ0) is 5.98. The van der Waals surface area contributed by atoms with Gasteiger partial charge in [0.1, 0.15) is 7.85 Å². The molecule has 0 atom stereocenters. The van der Waals surface area contributed by atoms with Crippen LogP contribution < -0.4 is 5.46 Å². The zero-order valence-electron chi connectivity index (χ0n) is 5.70. The summed E-state index contributed by atoms with van der Waals surface area (Å²) < 4.78 is 0. The highest BCUT2D eigenvalue weighted by Crippen LogP contribution is 1.90. The fourth-order valence-corrected chi connectivity index (χ4v) is 0.566. The summed E-state index contributed by atoms with van der Waals surface area (Å²) in [5.74, 6) is 0. The van der Waals surface area contributed by atoms with Gasteiger partial charge in [0.25, 0.3) is 0 Å². The van der Waals surface area contributed by atoms with Gasteiger partial charge < -0.3 is 0 Å². The van der Waals surface area contributed by atoms with E-state index in [0.29, 0.717) is 0 Å². The van der Waals surface area contributed by atoms with Crippen LogP contribution in [0.15, 0.2) is 24.3 Å². The van der Waals surface area contributed by atoms with E-state index in [4.69, 9.17) is 7.85 Å². The number of aryl methyl sites for hydroxylation is 1. The summed E-state index contributed by atoms with van der Waals surface area (Å²) in [4.78, 5) is 0. The molecule has 54 valence electrons. The van der Waals surface area contributed by atoms with Crippen molar-refractivity contribution in [2.45, 2.75) is 6.92 Å². The van der Waals surface area contributed by atoms with Gasteiger partial charge in [-0.25, -0.2) is 0 Å². The standard InChI is InChI=1S/C7H7B.2ClH/c1-6-2-4-7(8)5-3-6;;/h2-5H,1H3;2*1H. The molecular formula is C7H9BCl2. The van der Waals surface area contributed by atoms with Crippen molar-refractivity contribution in [3.05, 3.63) is 29.8 Å². The van der Waals surface area contributed by atoms with Crippen LogP contribution in [0.25, 0.3) is 0 Å². The smallest absolute Gasteiger partial charge is 0.113 e. The molecule has 0 saturated carbocycles. The van der Waals surface area contributed by atoms with Gasteiger partial charge in [-0.2, -0.15) is 0 Å². The van der Waals surface area contributed by atoms with Gasteiger partial charge >= 0.3 is 0 Å². The van der Waals surface area contributed by atoms with Crippen molar-refractivity contribution in [3.63, 3.8) is 0 Å². The van der Waals surface area contributed by atoms with Gasteiger partial charge in [-0.3, -0.25) is 0 Å². The minimum atomic E-state index is 0. The second kappa shape index (κ2) is 5.63. The maximum absolute atomic E-state index is 5.43. The summed E-state index contributed by atoms with van der Waals surface area (Å²) in [7, 11) is 5.43. The Morgan fingerprint density at radius 2 is 1.40 bits per heavy atom. The fraction of sp³-hybridized carbons (Fsp3) is 0.143. The van der Waals surface area contributed by atoms with Crippen molar-refractivity contribution in [1.29, 1.82) is 0 Å². The lowest BCUT2D eigenvalue weighted by molar-refractivity contribution is 1.49. The Morgan fingerprint density at radius 3 is 1.70 bits per heavy atom. The molecule has 2 radical (unpaired) electrons. The van der Waals surface area contributed by atoms with Crippen molar-refractivity contribution >= 4 is 38.1 Å². The second-order valence-electron chi connectivity index (χ2n) is 1.91. The highest BCUT2D eigenvalue weighted by Gasteiger charge is 1.79. The van der Waals surface area contributed by atoms with Crippen molar-refractivity contribution in [2.24, 2.45) is 0 Å². The molecule has 0 fully saturated rings. The Labute approximate surface area is 75.3 Å². The molecule has 0 amide bonds. The first-order valence-electron chi connectivity index (χ1n) is 2.61. The molecule has 0 saturated heterocycles. The van der Waals surface area contributed by atoms with Crippen LogP contribution in [0.1, 0.15) is 5.56 Å². The summed E-state index contributed by atoms with van der Waals surface area (Å²) in [6.07, 6.45) is 0. The van der Waals surface area contributed by atoms with Crippen LogP contribution in [0.2, 0.25) is 0 Å². The van der Waals surface area contributed by atoms with Gasteiger partial charge in [-0.05, 0) is 6.92 Å². The Bertz CT molecular complexity index is 150. The third-order valence-electron chi connectivity index (χ3n) is 1.08. The van der Waals surface area contributed by atoms with Gasteiger partial charge in [0.15, 0.2) is 0 Å². The average Bonchev–Trinajstić information content (AvgIpc) is 1.77. The van der Waals surface area contributed by atoms with Crippen LogP contribution in [0, 0.1) is 6.92 Å². The Kier molecular flexibility index (Phi) is 7.06. The van der Waals surface area contributed by atoms with Gasteiger partial charge in [-0.15, -0.1) is 24.8 Å². The molecule has 0 N–H and O–H groups in total. The van der Waals surface area contributed by atoms with E-state index in [1.165, 1.54) is 5.56 Å². The van der Waals surface area contributed by atoms with Crippen LogP contribution in [0.3, 0.4) is 0 Å². The molecule has 0 aliphatic heterocycles. The molecule has 10 heavy (non-hydrogen) atoms. The normalized spacial score (nSPS) is 7.30. The van der Waals surface area contributed by atoms with Gasteiger partial charge in [-0.1, -0.05) is 35.3 Å². The maximum atomic E-state index is 5.43. The number of benzene rings is 1. The monoisotopic (exact) mass is 174 g/mol. The predicted octanol–water partition coefficient (Wildman–Crippen LogP) is 1.63. The Morgan fingerprint density at radius 1 is 1.00 bits per heavy atom. The maximum Gasteiger partial charge on any atom is 0.113 e. The molecule has 3 heteroatoms. The molecule has 0 unspecified atom stereocenters. The van der Waals surface area contributed by atoms with E-state index in [1.54, 1.807) is 0 Å². The molecule has 1 rings (SSSR count). The van der Waals surface area contributed by atoms with Crippen molar-refractivity contribution in [2.75, 3.05) is 0 Å². The van der Waals surface area contributed by atoms with Crippen LogP contribution in [-0.4, -0.2) is 7.85 Å². The lowest BCUT2D eigenvalue weighted by atomic mass is 9.96. The van der Waals surface area contributed by atoms with Gasteiger partial charge in [0, 0.05) is 0 Å². The molecule has 0 aliphatic rings. The zero-order valence-corrected chi connectivity index (χ0v) is 7.34. The SMILES string of the molecule is Cl.Cl.[B]c1ccc(C)cc1. The van der Waals surface area contributed by atoms with Gasteiger partial charge in [0.2, 0.25) is 0 Å². The summed E-state index contributed by atoms with van der Waals surface area (Å²) in [6, 6.07) is 7.79. The minimum Gasteiger partial charge on any atom is -0.147 e. The predicted molar refractivity (Wildman–Crippen MR) is 51.1 cm³/mol. The quantitative estimate of drug-likeness (QED) is 0.525. The summed E-state index contributed by atoms with van der Waals surface area (Å²) >= 11 is 0. The van der Waals surface area contributed by atoms with Crippen LogP contribution >= 0.6 is 24.8 Å². The Balaban J connectivity index is 0. The molecule has 0 heterocycles. The van der Waals surface area contributed by atoms with E-state index in [9.17, 15) is 0 Å². The van der Waals surface area contributed by atoms with Crippen LogP contribution in [-0.2, 0) is 0 Å². The average molecular weight is 175 g/mol. The number of rotatable bonds is 0. The highest BCUT2D eigenvalue weighted by atomic mass is 35.5. The third kappa shape index (κ3) is 3.81. The molecule has 0 nitrogen and oxygen atoms in total. The number of hydrogen-bond donors (Lipinski definition) is 0. The third-order valence-corrected chi connectivity index (χ3v) is 1.08. The molecule has 1 aromatic carbocycles. The lowest BCUT2D eigenvalue weighted by Crippen LogP contribution is -1.98. The van der Waals surface area contributed by atoms with Crippen LogP contribution in [0.5, 0.6) is 0 Å². The first-order valence-corrected chi connectivity index (χ1v) is 2.61. The molecule has 0 spiro atoms. The fourth-order valence-electron chi connectivity index (χ4n) is 0.566. The van der Waals surface area contributed by atoms with Crippen molar-refractivity contribution < 1.29 is 0 Å². The van der Waals surface area contributed by atoms with Crippen molar-refractivity contribution in [1.82, 2.24) is 0 Å². The summed E-state index contributed by atoms with van der Waals surface area (Å²) in [5.41, 5.74) is 2.08. The van der Waals surface area contributed by atoms with E-state index in [0.717, 1.165) is 5.46 Å².